The van der Waals surface area contributed by atoms with E-state index in [0.717, 1.165) is 30.5 Å². The van der Waals surface area contributed by atoms with Crippen molar-refractivity contribution < 1.29 is 14.3 Å². The highest BCUT2D eigenvalue weighted by molar-refractivity contribution is 5.95. The number of nitrogens with one attached hydrogen (secondary N) is 1. The number of aromatic nitrogens is 2. The Morgan fingerprint density at radius 2 is 1.86 bits per heavy atom. The van der Waals surface area contributed by atoms with Crippen molar-refractivity contribution in [2.24, 2.45) is 0 Å². The molecule has 0 aliphatic rings. The van der Waals surface area contributed by atoms with Gasteiger partial charge < -0.3 is 10.1 Å². The van der Waals surface area contributed by atoms with Crippen LogP contribution in [-0.4, -0.2) is 28.2 Å². The van der Waals surface area contributed by atoms with Crippen molar-refractivity contribution in [1.82, 2.24) is 15.1 Å². The number of nitrogens with zero attached hydrogens (tertiary/aromatic N) is 2. The average Bonchev–Trinajstić information content (AvgIpc) is 3.09. The second kappa shape index (κ2) is 11.3. The van der Waals surface area contributed by atoms with Crippen LogP contribution in [-0.2, 0) is 16.1 Å². The number of hydrogen-bond acceptors (Lipinski definition) is 4. The van der Waals surface area contributed by atoms with Crippen LogP contribution in [0.25, 0.3) is 0 Å². The van der Waals surface area contributed by atoms with Crippen molar-refractivity contribution >= 4 is 11.9 Å². The fourth-order valence-electron chi connectivity index (χ4n) is 3.15. The van der Waals surface area contributed by atoms with Gasteiger partial charge in [-0.15, -0.1) is 0 Å². The zero-order valence-electron chi connectivity index (χ0n) is 17.1. The van der Waals surface area contributed by atoms with Crippen molar-refractivity contribution in [2.45, 2.75) is 65.5 Å². The van der Waals surface area contributed by atoms with Gasteiger partial charge in [0.2, 0.25) is 0 Å². The smallest absolute Gasteiger partial charge is 0.306 e. The predicted octanol–water partition coefficient (Wildman–Crippen LogP) is 4.20. The average molecular weight is 386 g/mol. The number of benzene rings is 1. The molecule has 1 aromatic heterocycles. The summed E-state index contributed by atoms with van der Waals surface area (Å²) in [6.07, 6.45) is 5.38. The summed E-state index contributed by atoms with van der Waals surface area (Å²) in [4.78, 5) is 24.2. The molecule has 0 aliphatic heterocycles. The molecule has 2 rings (SSSR count). The zero-order chi connectivity index (χ0) is 20.4. The van der Waals surface area contributed by atoms with Crippen LogP contribution in [0.5, 0.6) is 0 Å². The summed E-state index contributed by atoms with van der Waals surface area (Å²) in [5.41, 5.74) is 2.50. The van der Waals surface area contributed by atoms with E-state index < -0.39 is 0 Å². The quantitative estimate of drug-likeness (QED) is 0.465. The first-order valence-corrected chi connectivity index (χ1v) is 10.1. The Bertz CT molecular complexity index is 752. The summed E-state index contributed by atoms with van der Waals surface area (Å²) in [5.74, 6) is -0.321. The van der Waals surface area contributed by atoms with Gasteiger partial charge in [-0.05, 0) is 38.2 Å². The topological polar surface area (TPSA) is 73.2 Å². The second-order valence-electron chi connectivity index (χ2n) is 6.92. The van der Waals surface area contributed by atoms with E-state index in [2.05, 4.69) is 24.3 Å². The molecular weight excluding hydrogens is 354 g/mol. The maximum atomic E-state index is 12.4. The van der Waals surface area contributed by atoms with Crippen LogP contribution in [0.2, 0.25) is 0 Å². The largest absolute Gasteiger partial charge is 0.461 e. The molecular formula is C22H31N3O3. The minimum atomic E-state index is -0.211. The first kappa shape index (κ1) is 21.7. The Labute approximate surface area is 167 Å². The number of carbonyl (C=O) groups is 2. The predicted molar refractivity (Wildman–Crippen MR) is 109 cm³/mol. The molecule has 2 aromatic rings. The van der Waals surface area contributed by atoms with E-state index in [-0.39, 0.29) is 11.9 Å². The van der Waals surface area contributed by atoms with Crippen molar-refractivity contribution in [1.29, 1.82) is 0 Å². The van der Waals surface area contributed by atoms with Gasteiger partial charge in [-0.2, -0.15) is 5.10 Å². The van der Waals surface area contributed by atoms with Gasteiger partial charge in [-0.3, -0.25) is 14.3 Å². The maximum Gasteiger partial charge on any atom is 0.306 e. The lowest BCUT2D eigenvalue weighted by Gasteiger charge is -2.15. The van der Waals surface area contributed by atoms with Crippen molar-refractivity contribution in [2.75, 3.05) is 6.54 Å². The molecule has 152 valence electrons. The molecule has 0 saturated heterocycles. The summed E-state index contributed by atoms with van der Waals surface area (Å²) in [5, 5.41) is 7.30. The third-order valence-electron chi connectivity index (χ3n) is 4.91. The Morgan fingerprint density at radius 3 is 2.54 bits per heavy atom. The van der Waals surface area contributed by atoms with E-state index in [9.17, 15) is 9.59 Å². The minimum Gasteiger partial charge on any atom is -0.461 e. The molecule has 1 heterocycles. The normalized spacial score (nSPS) is 10.9. The van der Waals surface area contributed by atoms with Crippen molar-refractivity contribution in [3.05, 3.63) is 53.3 Å². The Hall–Kier alpha value is -2.63. The van der Waals surface area contributed by atoms with Crippen LogP contribution in [0.4, 0.5) is 0 Å². The SMILES string of the molecule is CCC(CC)n1ncc(C(=O)NCCCCC(=O)OCc2ccccc2)c1C. The van der Waals surface area contributed by atoms with E-state index in [1.165, 1.54) is 0 Å². The highest BCUT2D eigenvalue weighted by Crippen LogP contribution is 2.19. The highest BCUT2D eigenvalue weighted by Gasteiger charge is 2.17. The molecule has 0 unspecified atom stereocenters. The summed E-state index contributed by atoms with van der Waals surface area (Å²) >= 11 is 0. The summed E-state index contributed by atoms with van der Waals surface area (Å²) < 4.78 is 7.19. The van der Waals surface area contributed by atoms with Crippen LogP contribution in [0.15, 0.2) is 36.5 Å². The van der Waals surface area contributed by atoms with Gasteiger partial charge in [0, 0.05) is 18.7 Å². The van der Waals surface area contributed by atoms with E-state index in [0.29, 0.717) is 37.6 Å². The lowest BCUT2D eigenvalue weighted by atomic mass is 10.1. The van der Waals surface area contributed by atoms with Gasteiger partial charge in [0.15, 0.2) is 0 Å². The van der Waals surface area contributed by atoms with Crippen molar-refractivity contribution in [3.8, 4) is 0 Å². The zero-order valence-corrected chi connectivity index (χ0v) is 17.1. The number of carbonyl (C=O) groups excluding carboxylic acids is 2. The lowest BCUT2D eigenvalue weighted by Crippen LogP contribution is -2.25. The fraction of sp³-hybridized carbons (Fsp3) is 0.500. The first-order valence-electron chi connectivity index (χ1n) is 10.1. The number of amides is 1. The molecule has 1 amide bonds. The van der Waals surface area contributed by atoms with Crippen LogP contribution >= 0.6 is 0 Å². The van der Waals surface area contributed by atoms with Crippen LogP contribution < -0.4 is 5.32 Å². The van der Waals surface area contributed by atoms with E-state index in [1.54, 1.807) is 6.20 Å². The van der Waals surface area contributed by atoms with Crippen molar-refractivity contribution in [3.63, 3.8) is 0 Å². The van der Waals surface area contributed by atoms with Crippen LogP contribution in [0.3, 0.4) is 0 Å². The Balaban J connectivity index is 1.66. The number of rotatable bonds is 11. The molecule has 0 atom stereocenters. The molecule has 0 saturated carbocycles. The van der Waals surface area contributed by atoms with E-state index in [1.807, 2.05) is 41.9 Å². The number of ether oxygens (including phenoxy) is 1. The standard InChI is InChI=1S/C22H31N3O3/c1-4-19(5-2)25-17(3)20(15-24-25)22(27)23-14-10-9-13-21(26)28-16-18-11-7-6-8-12-18/h6-8,11-12,15,19H,4-5,9-10,13-14,16H2,1-3H3,(H,23,27). The molecule has 6 nitrogen and oxygen atoms in total. The maximum absolute atomic E-state index is 12.4. The third kappa shape index (κ3) is 6.22. The molecule has 1 aromatic carbocycles. The van der Waals surface area contributed by atoms with E-state index >= 15 is 0 Å². The highest BCUT2D eigenvalue weighted by atomic mass is 16.5. The summed E-state index contributed by atoms with van der Waals surface area (Å²) in [6.45, 7) is 7.01. The van der Waals surface area contributed by atoms with Crippen LogP contribution in [0, 0.1) is 6.92 Å². The van der Waals surface area contributed by atoms with Gasteiger partial charge >= 0.3 is 5.97 Å². The Kier molecular flexibility index (Phi) is 8.72. The molecule has 0 radical (unpaired) electrons. The summed E-state index contributed by atoms with van der Waals surface area (Å²) in [7, 11) is 0. The molecule has 0 bridgehead atoms. The number of hydrogen-bond donors (Lipinski definition) is 1. The molecule has 0 aliphatic carbocycles. The van der Waals surface area contributed by atoms with E-state index in [4.69, 9.17) is 4.74 Å². The molecule has 1 N–H and O–H groups in total. The van der Waals surface area contributed by atoms with Gasteiger partial charge in [0.25, 0.3) is 5.91 Å². The minimum absolute atomic E-state index is 0.110. The summed E-state index contributed by atoms with van der Waals surface area (Å²) in [6, 6.07) is 9.94. The van der Waals surface area contributed by atoms with Gasteiger partial charge in [-0.25, -0.2) is 0 Å². The van der Waals surface area contributed by atoms with Gasteiger partial charge in [-0.1, -0.05) is 44.2 Å². The molecule has 0 spiro atoms. The first-order chi connectivity index (χ1) is 13.6. The lowest BCUT2D eigenvalue weighted by molar-refractivity contribution is -0.145. The monoisotopic (exact) mass is 385 g/mol. The number of esters is 1. The molecule has 28 heavy (non-hydrogen) atoms. The number of unbranched alkanes of at least 4 members (excludes halogenated alkanes) is 1. The fourth-order valence-corrected chi connectivity index (χ4v) is 3.15. The Morgan fingerprint density at radius 1 is 1.14 bits per heavy atom. The van der Waals surface area contributed by atoms with Crippen LogP contribution in [0.1, 0.15) is 73.6 Å². The third-order valence-corrected chi connectivity index (χ3v) is 4.91. The van der Waals surface area contributed by atoms with Gasteiger partial charge in [0.05, 0.1) is 17.8 Å². The second-order valence-corrected chi connectivity index (χ2v) is 6.92. The molecule has 0 fully saturated rings. The van der Waals surface area contributed by atoms with Gasteiger partial charge in [0.1, 0.15) is 6.61 Å². The molecule has 6 heteroatoms.